The van der Waals surface area contributed by atoms with Gasteiger partial charge in [0.25, 0.3) is 0 Å². The monoisotopic (exact) mass is 217 g/mol. The molecule has 3 N–H and O–H groups in total. The lowest BCUT2D eigenvalue weighted by atomic mass is 10.0. The average molecular weight is 217 g/mol. The highest BCUT2D eigenvalue weighted by molar-refractivity contribution is 5.73. The largest absolute Gasteiger partial charge is 0.370 e. The molecule has 1 aromatic rings. The van der Waals surface area contributed by atoms with Crippen LogP contribution in [-0.2, 0) is 4.79 Å². The number of carbonyl (C=O) groups is 1. The summed E-state index contributed by atoms with van der Waals surface area (Å²) >= 11 is 0. The Morgan fingerprint density at radius 2 is 2.12 bits per heavy atom. The maximum Gasteiger partial charge on any atom is 0.218 e. The molecule has 1 rings (SSSR count). The van der Waals surface area contributed by atoms with Crippen molar-refractivity contribution >= 4 is 5.91 Å². The van der Waals surface area contributed by atoms with Gasteiger partial charge in [0.1, 0.15) is 0 Å². The summed E-state index contributed by atoms with van der Waals surface area (Å²) in [6.07, 6.45) is 0.299. The third-order valence-electron chi connectivity index (χ3n) is 2.25. The van der Waals surface area contributed by atoms with Crippen LogP contribution in [0.2, 0.25) is 0 Å². The Bertz CT molecular complexity index is 370. The summed E-state index contributed by atoms with van der Waals surface area (Å²) in [5.74, 6) is -0.519. The van der Waals surface area contributed by atoms with Crippen LogP contribution in [0.3, 0.4) is 0 Å². The molecule has 84 valence electrons. The van der Waals surface area contributed by atoms with E-state index in [-0.39, 0.29) is 11.8 Å². The van der Waals surface area contributed by atoms with E-state index in [0.29, 0.717) is 19.5 Å². The van der Waals surface area contributed by atoms with Crippen molar-refractivity contribution in [3.63, 3.8) is 0 Å². The summed E-state index contributed by atoms with van der Waals surface area (Å²) in [6.45, 7) is 1.05. The van der Waals surface area contributed by atoms with Crippen LogP contribution in [0.25, 0.3) is 0 Å². The van der Waals surface area contributed by atoms with Crippen LogP contribution in [0.5, 0.6) is 0 Å². The molecular weight excluding hydrogens is 202 g/mol. The zero-order chi connectivity index (χ0) is 11.8. The molecule has 0 saturated carbocycles. The molecule has 1 atom stereocenters. The molecule has 4 nitrogen and oxygen atoms in total. The molecule has 0 aliphatic carbocycles. The highest BCUT2D eigenvalue weighted by atomic mass is 16.1. The van der Waals surface area contributed by atoms with Gasteiger partial charge >= 0.3 is 0 Å². The lowest BCUT2D eigenvalue weighted by Gasteiger charge is -2.09. The lowest BCUT2D eigenvalue weighted by Crippen LogP contribution is -2.25. The predicted octanol–water partition coefficient (Wildman–Crippen LogP) is 0.759. The second kappa shape index (κ2) is 6.59. The summed E-state index contributed by atoms with van der Waals surface area (Å²) in [5.41, 5.74) is 5.99. The van der Waals surface area contributed by atoms with Gasteiger partial charge in [0.2, 0.25) is 5.91 Å². The van der Waals surface area contributed by atoms with Crippen LogP contribution in [0.1, 0.15) is 17.9 Å². The van der Waals surface area contributed by atoms with Crippen LogP contribution < -0.4 is 11.1 Å². The summed E-state index contributed by atoms with van der Waals surface area (Å²) in [7, 11) is 0. The molecule has 1 unspecified atom stereocenters. The molecule has 1 amide bonds. The van der Waals surface area contributed by atoms with Crippen LogP contribution in [0, 0.1) is 11.3 Å². The van der Waals surface area contributed by atoms with E-state index in [9.17, 15) is 4.79 Å². The molecule has 0 aromatic heterocycles. The molecule has 0 aliphatic heterocycles. The Kier molecular flexibility index (Phi) is 5.03. The molecule has 16 heavy (non-hydrogen) atoms. The van der Waals surface area contributed by atoms with Gasteiger partial charge in [0, 0.05) is 19.5 Å². The highest BCUT2D eigenvalue weighted by Crippen LogP contribution is 2.12. The fraction of sp³-hybridized carbons (Fsp3) is 0.333. The molecule has 4 heteroatoms. The number of hydrogen-bond acceptors (Lipinski definition) is 3. The number of rotatable bonds is 6. The number of carbonyl (C=O) groups excluding carboxylic acids is 1. The van der Waals surface area contributed by atoms with Crippen LogP contribution in [-0.4, -0.2) is 19.0 Å². The Labute approximate surface area is 95.1 Å². The maximum absolute atomic E-state index is 10.5. The van der Waals surface area contributed by atoms with Crippen molar-refractivity contribution in [1.82, 2.24) is 5.32 Å². The van der Waals surface area contributed by atoms with Gasteiger partial charge in [0.15, 0.2) is 0 Å². The van der Waals surface area contributed by atoms with Gasteiger partial charge in [-0.3, -0.25) is 4.79 Å². The minimum Gasteiger partial charge on any atom is -0.370 e. The number of nitriles is 1. The standard InChI is InChI=1S/C12H15N3O/c13-8-11(9-15-7-6-12(14)16)10-4-2-1-3-5-10/h1-5,11,15H,6-7,9H2,(H2,14,16). The normalized spacial score (nSPS) is 11.7. The highest BCUT2D eigenvalue weighted by Gasteiger charge is 2.08. The summed E-state index contributed by atoms with van der Waals surface area (Å²) < 4.78 is 0. The fourth-order valence-corrected chi connectivity index (χ4v) is 1.38. The van der Waals surface area contributed by atoms with E-state index in [2.05, 4.69) is 11.4 Å². The second-order valence-electron chi connectivity index (χ2n) is 3.51. The predicted molar refractivity (Wildman–Crippen MR) is 61.5 cm³/mol. The molecule has 0 heterocycles. The van der Waals surface area contributed by atoms with Crippen LogP contribution in [0.15, 0.2) is 30.3 Å². The van der Waals surface area contributed by atoms with Crippen molar-refractivity contribution in [2.24, 2.45) is 5.73 Å². The molecular formula is C12H15N3O. The van der Waals surface area contributed by atoms with E-state index >= 15 is 0 Å². The molecule has 1 aromatic carbocycles. The summed E-state index contributed by atoms with van der Waals surface area (Å²) in [5, 5.41) is 12.0. The number of primary amides is 1. The van der Waals surface area contributed by atoms with Gasteiger partial charge in [0.05, 0.1) is 12.0 Å². The van der Waals surface area contributed by atoms with Crippen molar-refractivity contribution in [2.75, 3.05) is 13.1 Å². The molecule has 0 bridgehead atoms. The SMILES string of the molecule is N#CC(CNCCC(N)=O)c1ccccc1. The van der Waals surface area contributed by atoms with E-state index in [1.165, 1.54) is 0 Å². The number of nitrogens with one attached hydrogen (secondary N) is 1. The first-order valence-corrected chi connectivity index (χ1v) is 5.17. The van der Waals surface area contributed by atoms with Crippen molar-refractivity contribution in [3.05, 3.63) is 35.9 Å². The molecule has 0 saturated heterocycles. The molecule has 0 radical (unpaired) electrons. The number of benzene rings is 1. The van der Waals surface area contributed by atoms with Gasteiger partial charge in [-0.1, -0.05) is 30.3 Å². The summed E-state index contributed by atoms with van der Waals surface area (Å²) in [4.78, 5) is 10.5. The van der Waals surface area contributed by atoms with Crippen LogP contribution in [0.4, 0.5) is 0 Å². The first-order chi connectivity index (χ1) is 7.74. The molecule has 0 spiro atoms. The number of nitrogens with zero attached hydrogens (tertiary/aromatic N) is 1. The smallest absolute Gasteiger partial charge is 0.218 e. The van der Waals surface area contributed by atoms with Crippen LogP contribution >= 0.6 is 0 Å². The van der Waals surface area contributed by atoms with Gasteiger partial charge in [-0.05, 0) is 5.56 Å². The van der Waals surface area contributed by atoms with Crippen molar-refractivity contribution in [2.45, 2.75) is 12.3 Å². The van der Waals surface area contributed by atoms with E-state index in [1.54, 1.807) is 0 Å². The zero-order valence-electron chi connectivity index (χ0n) is 9.02. The topological polar surface area (TPSA) is 78.9 Å². The van der Waals surface area contributed by atoms with E-state index in [4.69, 9.17) is 11.0 Å². The van der Waals surface area contributed by atoms with Crippen molar-refractivity contribution < 1.29 is 4.79 Å². The Balaban J connectivity index is 2.39. The number of hydrogen-bond donors (Lipinski definition) is 2. The number of nitrogens with two attached hydrogens (primary N) is 1. The molecule has 0 aliphatic rings. The third-order valence-corrected chi connectivity index (χ3v) is 2.25. The lowest BCUT2D eigenvalue weighted by molar-refractivity contribution is -0.117. The quantitative estimate of drug-likeness (QED) is 0.690. The fourth-order valence-electron chi connectivity index (χ4n) is 1.38. The Hall–Kier alpha value is -1.86. The van der Waals surface area contributed by atoms with E-state index < -0.39 is 0 Å². The zero-order valence-corrected chi connectivity index (χ0v) is 9.02. The van der Waals surface area contributed by atoms with E-state index in [1.807, 2.05) is 30.3 Å². The Morgan fingerprint density at radius 1 is 1.44 bits per heavy atom. The minimum atomic E-state index is -0.333. The maximum atomic E-state index is 10.5. The van der Waals surface area contributed by atoms with Crippen molar-refractivity contribution in [1.29, 1.82) is 5.26 Å². The Morgan fingerprint density at radius 3 is 2.69 bits per heavy atom. The minimum absolute atomic E-state index is 0.186. The second-order valence-corrected chi connectivity index (χ2v) is 3.51. The van der Waals surface area contributed by atoms with Crippen molar-refractivity contribution in [3.8, 4) is 6.07 Å². The van der Waals surface area contributed by atoms with Gasteiger partial charge in [-0.2, -0.15) is 5.26 Å². The van der Waals surface area contributed by atoms with E-state index in [0.717, 1.165) is 5.56 Å². The number of amides is 1. The average Bonchev–Trinajstić information content (AvgIpc) is 2.30. The first kappa shape index (κ1) is 12.2. The molecule has 0 fully saturated rings. The first-order valence-electron chi connectivity index (χ1n) is 5.17. The van der Waals surface area contributed by atoms with Gasteiger partial charge in [-0.25, -0.2) is 0 Å². The van der Waals surface area contributed by atoms with Gasteiger partial charge < -0.3 is 11.1 Å². The third kappa shape index (κ3) is 4.11. The van der Waals surface area contributed by atoms with Gasteiger partial charge in [-0.15, -0.1) is 0 Å². The summed E-state index contributed by atoms with van der Waals surface area (Å²) in [6, 6.07) is 11.8.